The predicted molar refractivity (Wildman–Crippen MR) is 116 cm³/mol. The molecule has 0 fully saturated rings. The maximum absolute atomic E-state index is 15.8. The SMILES string of the molecule is OC(c1ccc(Cl)cc1)(c1cncnc1)C(F)(F)c1ccc(Oc2cccc(Cl)c2)cn1. The number of alkyl halides is 2. The van der Waals surface area contributed by atoms with Gasteiger partial charge < -0.3 is 9.84 Å². The number of rotatable bonds is 6. The molecule has 1 unspecified atom stereocenters. The Morgan fingerprint density at radius 3 is 2.12 bits per heavy atom. The highest BCUT2D eigenvalue weighted by atomic mass is 35.5. The van der Waals surface area contributed by atoms with Crippen molar-refractivity contribution in [3.63, 3.8) is 0 Å². The molecule has 2 aromatic heterocycles. The summed E-state index contributed by atoms with van der Waals surface area (Å²) in [6.07, 6.45) is 4.59. The summed E-state index contributed by atoms with van der Waals surface area (Å²) >= 11 is 11.8. The van der Waals surface area contributed by atoms with Crippen molar-refractivity contribution < 1.29 is 18.6 Å². The zero-order valence-corrected chi connectivity index (χ0v) is 17.8. The molecule has 0 saturated heterocycles. The summed E-state index contributed by atoms with van der Waals surface area (Å²) in [7, 11) is 0. The van der Waals surface area contributed by atoms with Gasteiger partial charge in [0, 0.05) is 28.0 Å². The molecule has 0 spiro atoms. The number of hydrogen-bond acceptors (Lipinski definition) is 5. The van der Waals surface area contributed by atoms with Crippen LogP contribution in [0.5, 0.6) is 11.5 Å². The maximum Gasteiger partial charge on any atom is 0.326 e. The number of nitrogens with zero attached hydrogens (tertiary/aromatic N) is 3. The number of hydrogen-bond donors (Lipinski definition) is 1. The fourth-order valence-corrected chi connectivity index (χ4v) is 3.49. The normalized spacial score (nSPS) is 13.4. The maximum atomic E-state index is 15.8. The third-order valence-electron chi connectivity index (χ3n) is 4.78. The van der Waals surface area contributed by atoms with Crippen LogP contribution in [0.3, 0.4) is 0 Å². The molecule has 1 N–H and O–H groups in total. The molecule has 2 aromatic carbocycles. The van der Waals surface area contributed by atoms with Crippen LogP contribution >= 0.6 is 23.2 Å². The van der Waals surface area contributed by atoms with Crippen LogP contribution in [0.1, 0.15) is 16.8 Å². The Morgan fingerprint density at radius 1 is 0.781 bits per heavy atom. The summed E-state index contributed by atoms with van der Waals surface area (Å²) in [5.74, 6) is -3.21. The average molecular weight is 474 g/mol. The first kappa shape index (κ1) is 22.1. The van der Waals surface area contributed by atoms with E-state index >= 15 is 8.78 Å². The second kappa shape index (κ2) is 8.78. The van der Waals surface area contributed by atoms with Gasteiger partial charge in [0.15, 0.2) is 5.60 Å². The predicted octanol–water partition coefficient (Wildman–Crippen LogP) is 6.00. The van der Waals surface area contributed by atoms with Gasteiger partial charge in [0.1, 0.15) is 23.5 Å². The van der Waals surface area contributed by atoms with E-state index < -0.39 is 17.2 Å². The van der Waals surface area contributed by atoms with E-state index in [1.165, 1.54) is 36.7 Å². The van der Waals surface area contributed by atoms with E-state index in [1.54, 1.807) is 24.3 Å². The monoisotopic (exact) mass is 473 g/mol. The van der Waals surface area contributed by atoms with Crippen LogP contribution in [0.4, 0.5) is 8.78 Å². The van der Waals surface area contributed by atoms with Crippen LogP contribution in [0.15, 0.2) is 85.6 Å². The van der Waals surface area contributed by atoms with Crippen LogP contribution < -0.4 is 4.74 Å². The van der Waals surface area contributed by atoms with E-state index in [1.807, 2.05) is 0 Å². The lowest BCUT2D eigenvalue weighted by atomic mass is 9.80. The van der Waals surface area contributed by atoms with Crippen LogP contribution in [-0.4, -0.2) is 20.1 Å². The Bertz CT molecular complexity index is 1210. The molecule has 0 bridgehead atoms. The summed E-state index contributed by atoms with van der Waals surface area (Å²) in [5.41, 5.74) is -3.77. The van der Waals surface area contributed by atoms with Crippen molar-refractivity contribution in [2.75, 3.05) is 0 Å². The van der Waals surface area contributed by atoms with Gasteiger partial charge >= 0.3 is 5.92 Å². The van der Waals surface area contributed by atoms with E-state index in [2.05, 4.69) is 15.0 Å². The number of halogens is 4. The van der Waals surface area contributed by atoms with Gasteiger partial charge in [0.2, 0.25) is 0 Å². The molecule has 32 heavy (non-hydrogen) atoms. The molecule has 0 aliphatic heterocycles. The quantitative estimate of drug-likeness (QED) is 0.372. The first-order valence-electron chi connectivity index (χ1n) is 9.32. The lowest BCUT2D eigenvalue weighted by Gasteiger charge is -2.36. The largest absolute Gasteiger partial charge is 0.456 e. The highest BCUT2D eigenvalue weighted by Crippen LogP contribution is 2.49. The van der Waals surface area contributed by atoms with Gasteiger partial charge in [-0.15, -0.1) is 0 Å². The van der Waals surface area contributed by atoms with Crippen LogP contribution in [0.25, 0.3) is 0 Å². The number of benzene rings is 2. The minimum absolute atomic E-state index is 0.0947. The fourth-order valence-electron chi connectivity index (χ4n) is 3.18. The molecule has 4 aromatic rings. The molecule has 0 radical (unpaired) electrons. The summed E-state index contributed by atoms with van der Waals surface area (Å²) in [6, 6.07) is 14.5. The zero-order valence-electron chi connectivity index (χ0n) is 16.3. The first-order chi connectivity index (χ1) is 15.3. The topological polar surface area (TPSA) is 68.1 Å². The molecule has 2 heterocycles. The molecule has 162 valence electrons. The lowest BCUT2D eigenvalue weighted by molar-refractivity contribution is -0.174. The first-order valence-corrected chi connectivity index (χ1v) is 10.1. The molecule has 5 nitrogen and oxygen atoms in total. The van der Waals surface area contributed by atoms with Crippen LogP contribution in [0.2, 0.25) is 10.0 Å². The minimum atomic E-state index is -3.86. The van der Waals surface area contributed by atoms with E-state index in [4.69, 9.17) is 27.9 Å². The van der Waals surface area contributed by atoms with E-state index in [0.717, 1.165) is 24.7 Å². The van der Waals surface area contributed by atoms with Gasteiger partial charge in [-0.2, -0.15) is 8.78 Å². The Balaban J connectivity index is 1.73. The second-order valence-corrected chi connectivity index (χ2v) is 7.73. The molecule has 0 saturated carbocycles. The van der Waals surface area contributed by atoms with Crippen molar-refractivity contribution in [3.8, 4) is 11.5 Å². The van der Waals surface area contributed by atoms with Gasteiger partial charge in [-0.25, -0.2) is 9.97 Å². The van der Waals surface area contributed by atoms with Gasteiger partial charge in [-0.05, 0) is 48.0 Å². The van der Waals surface area contributed by atoms with Crippen molar-refractivity contribution in [2.24, 2.45) is 0 Å². The standard InChI is InChI=1S/C23H15Cl2F2N3O2/c24-17-6-4-15(5-7-17)22(31,16-11-28-14-29-12-16)23(26,27)21-9-8-20(13-30-21)32-19-3-1-2-18(25)10-19/h1-14,31H. The Labute approximate surface area is 192 Å². The number of aliphatic hydroxyl groups is 1. The Hall–Kier alpha value is -3.13. The highest BCUT2D eigenvalue weighted by Gasteiger charge is 2.57. The molecule has 0 aliphatic carbocycles. The fraction of sp³-hybridized carbons (Fsp3) is 0.0870. The molecular weight excluding hydrogens is 459 g/mol. The van der Waals surface area contributed by atoms with Crippen molar-refractivity contribution >= 4 is 23.2 Å². The van der Waals surface area contributed by atoms with Gasteiger partial charge in [-0.3, -0.25) is 4.98 Å². The van der Waals surface area contributed by atoms with Crippen molar-refractivity contribution in [1.82, 2.24) is 15.0 Å². The Kier molecular flexibility index (Phi) is 6.06. The van der Waals surface area contributed by atoms with Gasteiger partial charge in [0.05, 0.1) is 6.20 Å². The zero-order chi connectivity index (χ0) is 22.8. The third-order valence-corrected chi connectivity index (χ3v) is 5.27. The molecular formula is C23H15Cl2F2N3O2. The van der Waals surface area contributed by atoms with Gasteiger partial charge in [-0.1, -0.05) is 41.4 Å². The van der Waals surface area contributed by atoms with Crippen molar-refractivity contribution in [3.05, 3.63) is 112 Å². The van der Waals surface area contributed by atoms with Crippen LogP contribution in [-0.2, 0) is 11.5 Å². The highest BCUT2D eigenvalue weighted by molar-refractivity contribution is 6.30. The number of pyridine rings is 1. The summed E-state index contributed by atoms with van der Waals surface area (Å²) in [6.45, 7) is 0. The molecule has 1 atom stereocenters. The lowest BCUT2D eigenvalue weighted by Crippen LogP contribution is -2.45. The average Bonchev–Trinajstić information content (AvgIpc) is 2.80. The minimum Gasteiger partial charge on any atom is -0.456 e. The summed E-state index contributed by atoms with van der Waals surface area (Å²) in [5, 5.41) is 12.2. The molecule has 0 aliphatic rings. The van der Waals surface area contributed by atoms with Crippen LogP contribution in [0, 0.1) is 0 Å². The Morgan fingerprint density at radius 2 is 1.50 bits per heavy atom. The number of aromatic nitrogens is 3. The van der Waals surface area contributed by atoms with E-state index in [0.29, 0.717) is 15.8 Å². The van der Waals surface area contributed by atoms with E-state index in [9.17, 15) is 5.11 Å². The molecule has 4 rings (SSSR count). The third kappa shape index (κ3) is 4.14. The molecule has 9 heteroatoms. The van der Waals surface area contributed by atoms with Gasteiger partial charge in [0.25, 0.3) is 0 Å². The van der Waals surface area contributed by atoms with E-state index in [-0.39, 0.29) is 16.9 Å². The smallest absolute Gasteiger partial charge is 0.326 e. The summed E-state index contributed by atoms with van der Waals surface area (Å²) in [4.78, 5) is 11.4. The molecule has 0 amide bonds. The summed E-state index contributed by atoms with van der Waals surface area (Å²) < 4.78 is 37.3. The van der Waals surface area contributed by atoms with Crippen molar-refractivity contribution in [2.45, 2.75) is 11.5 Å². The number of ether oxygens (including phenoxy) is 1. The van der Waals surface area contributed by atoms with Crippen molar-refractivity contribution in [1.29, 1.82) is 0 Å². The second-order valence-electron chi connectivity index (χ2n) is 6.86.